The highest BCUT2D eigenvalue weighted by Crippen LogP contribution is 2.74. The van der Waals surface area contributed by atoms with Crippen molar-refractivity contribution >= 4 is 5.97 Å². The van der Waals surface area contributed by atoms with Crippen LogP contribution < -0.4 is 0 Å². The SMILES string of the molecule is C=C1C2C=C(CO)C(O)C3(C)C(OC(=O)/C(C)=C\C)C(C)=C[C@]13CCC1C2C1(C)C. The third-order valence-corrected chi connectivity index (χ3v) is 9.22. The van der Waals surface area contributed by atoms with Crippen LogP contribution >= 0.6 is 0 Å². The highest BCUT2D eigenvalue weighted by atomic mass is 16.5. The van der Waals surface area contributed by atoms with Gasteiger partial charge in [-0.3, -0.25) is 0 Å². The smallest absolute Gasteiger partial charge is 0.333 e. The molecule has 2 saturated carbocycles. The molecule has 4 aliphatic carbocycles. The Bertz CT molecular complexity index is 891. The molecule has 2 fully saturated rings. The minimum atomic E-state index is -0.917. The summed E-state index contributed by atoms with van der Waals surface area (Å²) in [6.07, 6.45) is 6.50. The highest BCUT2D eigenvalue weighted by molar-refractivity contribution is 5.88. The molecule has 7 atom stereocenters. The van der Waals surface area contributed by atoms with Crippen molar-refractivity contribution in [2.45, 2.75) is 66.6 Å². The Morgan fingerprint density at radius 2 is 2.03 bits per heavy atom. The van der Waals surface area contributed by atoms with E-state index in [1.54, 1.807) is 13.0 Å². The van der Waals surface area contributed by atoms with Crippen molar-refractivity contribution in [1.29, 1.82) is 0 Å². The number of carbonyl (C=O) groups excluding carboxylic acids is 1. The number of hydrogen-bond acceptors (Lipinski definition) is 4. The molecule has 0 amide bonds. The third-order valence-electron chi connectivity index (χ3n) is 9.22. The van der Waals surface area contributed by atoms with E-state index in [9.17, 15) is 15.0 Å². The Morgan fingerprint density at radius 1 is 1.37 bits per heavy atom. The van der Waals surface area contributed by atoms with Crippen molar-refractivity contribution in [1.82, 2.24) is 0 Å². The fourth-order valence-electron chi connectivity index (χ4n) is 7.19. The van der Waals surface area contributed by atoms with Gasteiger partial charge in [0.15, 0.2) is 0 Å². The van der Waals surface area contributed by atoms with E-state index in [1.165, 1.54) is 0 Å². The molecule has 0 aromatic heterocycles. The molecule has 0 aromatic carbocycles. The fourth-order valence-corrected chi connectivity index (χ4v) is 7.19. The number of aliphatic hydroxyl groups excluding tert-OH is 2. The van der Waals surface area contributed by atoms with Crippen LogP contribution in [0.25, 0.3) is 0 Å². The molecule has 0 aromatic rings. The van der Waals surface area contributed by atoms with Crippen molar-refractivity contribution in [3.8, 4) is 0 Å². The van der Waals surface area contributed by atoms with Gasteiger partial charge in [-0.05, 0) is 62.0 Å². The molecule has 164 valence electrons. The second-order valence-electron chi connectivity index (χ2n) is 10.7. The lowest BCUT2D eigenvalue weighted by Gasteiger charge is -2.50. The summed E-state index contributed by atoms with van der Waals surface area (Å²) in [6.45, 7) is 16.6. The Morgan fingerprint density at radius 3 is 2.63 bits per heavy atom. The molecule has 2 N–H and O–H groups in total. The molecule has 0 aliphatic heterocycles. The summed E-state index contributed by atoms with van der Waals surface area (Å²) in [6, 6.07) is 0. The lowest BCUT2D eigenvalue weighted by Crippen LogP contribution is -2.53. The van der Waals surface area contributed by atoms with E-state index in [2.05, 4.69) is 32.6 Å². The molecular formula is C26H36O4. The van der Waals surface area contributed by atoms with Gasteiger partial charge < -0.3 is 14.9 Å². The van der Waals surface area contributed by atoms with Crippen LogP contribution in [0.2, 0.25) is 0 Å². The fraction of sp³-hybridized carbons (Fsp3) is 0.654. The maximum absolute atomic E-state index is 12.7. The first-order valence-corrected chi connectivity index (χ1v) is 11.2. The normalized spacial score (nSPS) is 44.2. The summed E-state index contributed by atoms with van der Waals surface area (Å²) in [7, 11) is 0. The zero-order valence-corrected chi connectivity index (χ0v) is 19.2. The van der Waals surface area contributed by atoms with Crippen molar-refractivity contribution in [3.63, 3.8) is 0 Å². The number of fused-ring (bicyclic) bond motifs is 3. The zero-order chi connectivity index (χ0) is 22.2. The molecule has 1 spiro atoms. The van der Waals surface area contributed by atoms with E-state index < -0.39 is 23.0 Å². The molecule has 2 bridgehead atoms. The summed E-state index contributed by atoms with van der Waals surface area (Å²) >= 11 is 0. The molecule has 0 saturated heterocycles. The van der Waals surface area contributed by atoms with Crippen LogP contribution in [0.3, 0.4) is 0 Å². The predicted molar refractivity (Wildman–Crippen MR) is 117 cm³/mol. The van der Waals surface area contributed by atoms with E-state index in [1.807, 2.05) is 20.8 Å². The molecule has 0 radical (unpaired) electrons. The van der Waals surface area contributed by atoms with E-state index in [4.69, 9.17) is 4.74 Å². The molecule has 30 heavy (non-hydrogen) atoms. The quantitative estimate of drug-likeness (QED) is 0.411. The second-order valence-corrected chi connectivity index (χ2v) is 10.7. The van der Waals surface area contributed by atoms with Gasteiger partial charge in [-0.1, -0.05) is 51.2 Å². The molecule has 4 rings (SSSR count). The van der Waals surface area contributed by atoms with Crippen molar-refractivity contribution in [2.24, 2.45) is 34.0 Å². The summed E-state index contributed by atoms with van der Waals surface area (Å²) < 4.78 is 6.04. The van der Waals surface area contributed by atoms with Crippen molar-refractivity contribution in [2.75, 3.05) is 6.61 Å². The summed E-state index contributed by atoms with van der Waals surface area (Å²) in [5.41, 5.74) is 2.21. The molecular weight excluding hydrogens is 376 g/mol. The van der Waals surface area contributed by atoms with Crippen LogP contribution in [0.15, 0.2) is 47.1 Å². The van der Waals surface area contributed by atoms with E-state index >= 15 is 0 Å². The lowest BCUT2D eigenvalue weighted by atomic mass is 9.56. The minimum absolute atomic E-state index is 0.113. The molecule has 0 heterocycles. The van der Waals surface area contributed by atoms with Gasteiger partial charge in [0.25, 0.3) is 0 Å². The standard InChI is InChI=1S/C26H36O4/c1-8-14(2)23(29)30-22-15(3)12-26-10-9-19-20(24(19,5)6)18(16(26)4)11-17(13-27)21(28)25(22,26)7/h8,11-12,18-22,27-28H,4,9-10,13H2,1-3,5-7H3/b14-8-/t18?,19?,20?,21?,22?,25?,26-/m1/s1. The van der Waals surface area contributed by atoms with Crippen LogP contribution in [0.4, 0.5) is 0 Å². The Hall–Kier alpha value is -1.65. The number of allylic oxidation sites excluding steroid dienone is 4. The summed E-state index contributed by atoms with van der Waals surface area (Å²) in [4.78, 5) is 12.7. The highest BCUT2D eigenvalue weighted by Gasteiger charge is 2.70. The average molecular weight is 413 g/mol. The van der Waals surface area contributed by atoms with E-state index in [0.717, 1.165) is 24.0 Å². The van der Waals surface area contributed by atoms with Crippen LogP contribution in [-0.2, 0) is 9.53 Å². The maximum Gasteiger partial charge on any atom is 0.333 e. The molecule has 4 heteroatoms. The first-order valence-electron chi connectivity index (χ1n) is 11.2. The average Bonchev–Trinajstić information content (AvgIpc) is 3.23. The number of ether oxygens (including phenoxy) is 1. The van der Waals surface area contributed by atoms with Crippen molar-refractivity contribution < 1.29 is 19.7 Å². The molecule has 4 nitrogen and oxygen atoms in total. The van der Waals surface area contributed by atoms with Crippen LogP contribution in [0.1, 0.15) is 54.4 Å². The Balaban J connectivity index is 1.86. The summed E-state index contributed by atoms with van der Waals surface area (Å²) in [5.74, 6) is 0.831. The van der Waals surface area contributed by atoms with Crippen molar-refractivity contribution in [3.05, 3.63) is 47.1 Å². The Kier molecular flexibility index (Phi) is 4.80. The lowest BCUT2D eigenvalue weighted by molar-refractivity contribution is -0.156. The van der Waals surface area contributed by atoms with E-state index in [-0.39, 0.29) is 23.9 Å². The molecule has 4 aliphatic rings. The number of carbonyl (C=O) groups is 1. The Labute approximate surface area is 180 Å². The van der Waals surface area contributed by atoms with Crippen LogP contribution in [0, 0.1) is 34.0 Å². The number of hydrogen-bond donors (Lipinski definition) is 2. The molecule has 6 unspecified atom stereocenters. The third kappa shape index (κ3) is 2.50. The van der Waals surface area contributed by atoms with Gasteiger partial charge in [-0.2, -0.15) is 0 Å². The largest absolute Gasteiger partial charge is 0.454 e. The van der Waals surface area contributed by atoms with Gasteiger partial charge in [0.05, 0.1) is 18.1 Å². The van der Waals surface area contributed by atoms with E-state index in [0.29, 0.717) is 23.0 Å². The number of aliphatic hydroxyl groups is 2. The topological polar surface area (TPSA) is 66.8 Å². The number of esters is 1. The number of rotatable bonds is 3. The second kappa shape index (κ2) is 6.67. The first-order chi connectivity index (χ1) is 14.0. The van der Waals surface area contributed by atoms with Gasteiger partial charge in [-0.25, -0.2) is 4.79 Å². The van der Waals surface area contributed by atoms with Gasteiger partial charge in [0.2, 0.25) is 0 Å². The zero-order valence-electron chi connectivity index (χ0n) is 19.2. The van der Waals surface area contributed by atoms with Gasteiger partial charge in [0.1, 0.15) is 6.10 Å². The maximum atomic E-state index is 12.7. The minimum Gasteiger partial charge on any atom is -0.454 e. The predicted octanol–water partition coefficient (Wildman–Crippen LogP) is 4.35. The first kappa shape index (κ1) is 21.6. The van der Waals surface area contributed by atoms with Gasteiger partial charge in [0, 0.05) is 16.9 Å². The monoisotopic (exact) mass is 412 g/mol. The van der Waals surface area contributed by atoms with Gasteiger partial charge >= 0.3 is 5.97 Å². The van der Waals surface area contributed by atoms with Gasteiger partial charge in [-0.15, -0.1) is 0 Å². The summed E-state index contributed by atoms with van der Waals surface area (Å²) in [5, 5.41) is 21.8. The van der Waals surface area contributed by atoms with Crippen LogP contribution in [0.5, 0.6) is 0 Å². The van der Waals surface area contributed by atoms with Crippen LogP contribution in [-0.4, -0.2) is 35.0 Å².